The van der Waals surface area contributed by atoms with Crippen LogP contribution in [0.3, 0.4) is 0 Å². The highest BCUT2D eigenvalue weighted by molar-refractivity contribution is 5.79. The third-order valence-corrected chi connectivity index (χ3v) is 1.84. The molecule has 0 bridgehead atoms. The van der Waals surface area contributed by atoms with Gasteiger partial charge in [0.1, 0.15) is 0 Å². The Hall–Kier alpha value is -2.10. The number of hydrogen-bond donors (Lipinski definition) is 2. The van der Waals surface area contributed by atoms with Gasteiger partial charge in [-0.3, -0.25) is 0 Å². The lowest BCUT2D eigenvalue weighted by molar-refractivity contribution is 1.21. The van der Waals surface area contributed by atoms with Gasteiger partial charge >= 0.3 is 0 Å². The fraction of sp³-hybridized carbons (Fsp3) is 0.0909. The minimum Gasteiger partial charge on any atom is -0.323 e. The van der Waals surface area contributed by atoms with Crippen molar-refractivity contribution in [3.05, 3.63) is 36.4 Å². The van der Waals surface area contributed by atoms with E-state index in [0.717, 1.165) is 16.6 Å². The SMILES string of the molecule is C=C(C)C=NNc1nc2ccccc2[nH]1. The summed E-state index contributed by atoms with van der Waals surface area (Å²) in [6.45, 7) is 5.59. The number of allylic oxidation sites excluding steroid dienone is 1. The lowest BCUT2D eigenvalue weighted by Crippen LogP contribution is -1.91. The Balaban J connectivity index is 2.19. The van der Waals surface area contributed by atoms with E-state index in [0.29, 0.717) is 5.95 Å². The van der Waals surface area contributed by atoms with Crippen molar-refractivity contribution in [2.45, 2.75) is 6.92 Å². The smallest absolute Gasteiger partial charge is 0.222 e. The minimum absolute atomic E-state index is 0.633. The molecule has 1 aromatic carbocycles. The fourth-order valence-electron chi connectivity index (χ4n) is 1.21. The second-order valence-electron chi connectivity index (χ2n) is 3.32. The van der Waals surface area contributed by atoms with E-state index in [4.69, 9.17) is 0 Å². The van der Waals surface area contributed by atoms with Crippen LogP contribution in [-0.4, -0.2) is 16.2 Å². The van der Waals surface area contributed by atoms with Gasteiger partial charge in [-0.2, -0.15) is 5.10 Å². The zero-order valence-corrected chi connectivity index (χ0v) is 8.49. The van der Waals surface area contributed by atoms with E-state index in [1.54, 1.807) is 6.21 Å². The number of H-pyrrole nitrogens is 1. The van der Waals surface area contributed by atoms with Crippen LogP contribution in [0.4, 0.5) is 5.95 Å². The summed E-state index contributed by atoms with van der Waals surface area (Å²) in [5.74, 6) is 0.633. The molecule has 0 aliphatic carbocycles. The van der Waals surface area contributed by atoms with Gasteiger partial charge in [0.15, 0.2) is 0 Å². The number of hydrazone groups is 1. The van der Waals surface area contributed by atoms with Crippen LogP contribution < -0.4 is 5.43 Å². The Morgan fingerprint density at radius 1 is 1.53 bits per heavy atom. The molecule has 15 heavy (non-hydrogen) atoms. The molecule has 2 rings (SSSR count). The molecule has 1 aromatic heterocycles. The summed E-state index contributed by atoms with van der Waals surface area (Å²) in [4.78, 5) is 7.40. The number of nitrogens with one attached hydrogen (secondary N) is 2. The third-order valence-electron chi connectivity index (χ3n) is 1.84. The predicted octanol–water partition coefficient (Wildman–Crippen LogP) is 2.54. The molecule has 0 spiro atoms. The predicted molar refractivity (Wildman–Crippen MR) is 63.0 cm³/mol. The van der Waals surface area contributed by atoms with Crippen molar-refractivity contribution in [1.29, 1.82) is 0 Å². The highest BCUT2D eigenvalue weighted by atomic mass is 15.3. The van der Waals surface area contributed by atoms with Crippen LogP contribution in [0, 0.1) is 0 Å². The summed E-state index contributed by atoms with van der Waals surface area (Å²) in [5, 5.41) is 3.97. The van der Waals surface area contributed by atoms with E-state index < -0.39 is 0 Å². The number of aromatic amines is 1. The van der Waals surface area contributed by atoms with Crippen LogP contribution in [0.1, 0.15) is 6.92 Å². The van der Waals surface area contributed by atoms with Gasteiger partial charge in [-0.25, -0.2) is 10.4 Å². The molecule has 0 fully saturated rings. The largest absolute Gasteiger partial charge is 0.323 e. The molecule has 0 aliphatic rings. The third kappa shape index (κ3) is 2.22. The van der Waals surface area contributed by atoms with Gasteiger partial charge in [-0.1, -0.05) is 18.7 Å². The van der Waals surface area contributed by atoms with Crippen LogP contribution in [0.15, 0.2) is 41.5 Å². The number of para-hydroxylation sites is 2. The van der Waals surface area contributed by atoms with Gasteiger partial charge in [0.05, 0.1) is 11.0 Å². The molecule has 0 unspecified atom stereocenters. The fourth-order valence-corrected chi connectivity index (χ4v) is 1.21. The Kier molecular flexibility index (Phi) is 2.49. The molecule has 2 aromatic rings. The molecule has 4 heteroatoms. The highest BCUT2D eigenvalue weighted by Crippen LogP contribution is 2.12. The second-order valence-corrected chi connectivity index (χ2v) is 3.32. The number of imidazole rings is 1. The summed E-state index contributed by atoms with van der Waals surface area (Å²) in [5.41, 5.74) is 5.61. The van der Waals surface area contributed by atoms with Crippen molar-refractivity contribution >= 4 is 23.2 Å². The number of nitrogens with zero attached hydrogens (tertiary/aromatic N) is 2. The maximum Gasteiger partial charge on any atom is 0.222 e. The number of fused-ring (bicyclic) bond motifs is 1. The minimum atomic E-state index is 0.633. The Bertz CT molecular complexity index is 477. The van der Waals surface area contributed by atoms with E-state index >= 15 is 0 Å². The molecule has 2 N–H and O–H groups in total. The Morgan fingerprint density at radius 3 is 3.07 bits per heavy atom. The van der Waals surface area contributed by atoms with Crippen molar-refractivity contribution in [3.8, 4) is 0 Å². The number of aromatic nitrogens is 2. The normalized spacial score (nSPS) is 11.0. The first-order valence-electron chi connectivity index (χ1n) is 4.65. The van der Waals surface area contributed by atoms with E-state index in [1.807, 2.05) is 31.2 Å². The van der Waals surface area contributed by atoms with E-state index in [1.165, 1.54) is 0 Å². The van der Waals surface area contributed by atoms with Crippen molar-refractivity contribution in [2.24, 2.45) is 5.10 Å². The van der Waals surface area contributed by atoms with Crippen LogP contribution >= 0.6 is 0 Å². The van der Waals surface area contributed by atoms with Gasteiger partial charge in [-0.15, -0.1) is 0 Å². The molecule has 0 saturated carbocycles. The molecule has 0 radical (unpaired) electrons. The Labute approximate surface area is 87.7 Å². The highest BCUT2D eigenvalue weighted by Gasteiger charge is 1.98. The van der Waals surface area contributed by atoms with Crippen molar-refractivity contribution in [2.75, 3.05) is 5.43 Å². The average Bonchev–Trinajstić information content (AvgIpc) is 2.59. The summed E-state index contributed by atoms with van der Waals surface area (Å²) < 4.78 is 0. The van der Waals surface area contributed by atoms with E-state index in [2.05, 4.69) is 27.1 Å². The topological polar surface area (TPSA) is 53.1 Å². The first-order valence-corrected chi connectivity index (χ1v) is 4.65. The number of benzene rings is 1. The first kappa shape index (κ1) is 9.45. The number of anilines is 1. The monoisotopic (exact) mass is 200 g/mol. The number of rotatable bonds is 3. The summed E-state index contributed by atoms with van der Waals surface area (Å²) in [7, 11) is 0. The Morgan fingerprint density at radius 2 is 2.33 bits per heavy atom. The zero-order chi connectivity index (χ0) is 10.7. The lowest BCUT2D eigenvalue weighted by atomic mass is 10.3. The van der Waals surface area contributed by atoms with Crippen LogP contribution in [0.5, 0.6) is 0 Å². The van der Waals surface area contributed by atoms with Crippen molar-refractivity contribution in [3.63, 3.8) is 0 Å². The number of hydrogen-bond acceptors (Lipinski definition) is 3. The van der Waals surface area contributed by atoms with E-state index in [9.17, 15) is 0 Å². The van der Waals surface area contributed by atoms with Crippen LogP contribution in [-0.2, 0) is 0 Å². The molecule has 0 atom stereocenters. The van der Waals surface area contributed by atoms with Crippen molar-refractivity contribution < 1.29 is 0 Å². The second kappa shape index (κ2) is 3.96. The standard InChI is InChI=1S/C11H12N4/c1-8(2)7-12-15-11-13-9-5-3-4-6-10(9)14-11/h3-7H,1H2,2H3,(H2,13,14,15). The van der Waals surface area contributed by atoms with Gasteiger partial charge in [0.25, 0.3) is 0 Å². The average molecular weight is 200 g/mol. The quantitative estimate of drug-likeness (QED) is 0.591. The summed E-state index contributed by atoms with van der Waals surface area (Å²) in [6.07, 6.45) is 1.65. The van der Waals surface area contributed by atoms with Gasteiger partial charge in [0.2, 0.25) is 5.95 Å². The van der Waals surface area contributed by atoms with Gasteiger partial charge < -0.3 is 4.98 Å². The molecular weight excluding hydrogens is 188 g/mol. The maximum absolute atomic E-state index is 4.30. The molecule has 1 heterocycles. The summed E-state index contributed by atoms with van der Waals surface area (Å²) >= 11 is 0. The zero-order valence-electron chi connectivity index (χ0n) is 8.49. The van der Waals surface area contributed by atoms with Gasteiger partial charge in [0, 0.05) is 6.21 Å². The van der Waals surface area contributed by atoms with Crippen LogP contribution in [0.2, 0.25) is 0 Å². The van der Waals surface area contributed by atoms with Crippen molar-refractivity contribution in [1.82, 2.24) is 9.97 Å². The molecule has 0 saturated heterocycles. The molecule has 0 amide bonds. The van der Waals surface area contributed by atoms with Crippen LogP contribution in [0.25, 0.3) is 11.0 Å². The molecular formula is C11H12N4. The maximum atomic E-state index is 4.30. The lowest BCUT2D eigenvalue weighted by Gasteiger charge is -1.91. The molecule has 4 nitrogen and oxygen atoms in total. The van der Waals surface area contributed by atoms with Gasteiger partial charge in [-0.05, 0) is 24.6 Å². The first-order chi connectivity index (χ1) is 7.25. The molecule has 76 valence electrons. The summed E-state index contributed by atoms with van der Waals surface area (Å²) in [6, 6.07) is 7.82. The van der Waals surface area contributed by atoms with E-state index in [-0.39, 0.29) is 0 Å². The molecule has 0 aliphatic heterocycles.